The van der Waals surface area contributed by atoms with E-state index in [4.69, 9.17) is 4.74 Å². The highest BCUT2D eigenvalue weighted by atomic mass is 16.5. The Kier molecular flexibility index (Phi) is 5.42. The Labute approximate surface area is 175 Å². The molecule has 7 nitrogen and oxygen atoms in total. The Hall–Kier alpha value is -3.00. The minimum absolute atomic E-state index is 0.253. The molecule has 1 N–H and O–H groups in total. The Morgan fingerprint density at radius 1 is 0.967 bits per heavy atom. The Bertz CT molecular complexity index is 958. The number of anilines is 1. The van der Waals surface area contributed by atoms with Gasteiger partial charge < -0.3 is 9.84 Å². The highest BCUT2D eigenvalue weighted by Crippen LogP contribution is 2.38. The third-order valence-electron chi connectivity index (χ3n) is 5.68. The minimum Gasteiger partial charge on any atom is -0.497 e. The predicted molar refractivity (Wildman–Crippen MR) is 113 cm³/mol. The number of amides is 2. The monoisotopic (exact) mass is 407 g/mol. The molecule has 2 amide bonds. The summed E-state index contributed by atoms with van der Waals surface area (Å²) < 4.78 is 5.19. The molecule has 2 aromatic rings. The summed E-state index contributed by atoms with van der Waals surface area (Å²) in [4.78, 5) is 27.7. The number of para-hydroxylation sites is 1. The lowest BCUT2D eigenvalue weighted by atomic mass is 9.90. The molecule has 0 radical (unpaired) electrons. The van der Waals surface area contributed by atoms with Crippen LogP contribution in [0.1, 0.15) is 11.7 Å². The van der Waals surface area contributed by atoms with Gasteiger partial charge in [0.2, 0.25) is 5.91 Å². The number of fused-ring (bicyclic) bond motifs is 1. The van der Waals surface area contributed by atoms with Crippen molar-refractivity contribution in [1.82, 2.24) is 10.0 Å². The number of hydrogen-bond acceptors (Lipinski definition) is 6. The van der Waals surface area contributed by atoms with E-state index < -0.39 is 24.1 Å². The number of nitrogens with zero attached hydrogens (tertiary/aromatic N) is 3. The summed E-state index contributed by atoms with van der Waals surface area (Å²) >= 11 is 0. The number of hydrogen-bond donors (Lipinski definition) is 1. The maximum atomic E-state index is 13.4. The van der Waals surface area contributed by atoms with E-state index in [0.717, 1.165) is 0 Å². The van der Waals surface area contributed by atoms with Gasteiger partial charge in [0.1, 0.15) is 11.8 Å². The van der Waals surface area contributed by atoms with Crippen molar-refractivity contribution in [3.8, 4) is 5.75 Å². The number of rotatable bonds is 5. The van der Waals surface area contributed by atoms with E-state index >= 15 is 0 Å². The molecule has 2 heterocycles. The molecule has 1 fully saturated rings. The van der Waals surface area contributed by atoms with Crippen molar-refractivity contribution in [2.45, 2.75) is 18.2 Å². The van der Waals surface area contributed by atoms with Crippen LogP contribution in [-0.2, 0) is 9.59 Å². The smallest absolute Gasteiger partial charge is 0.253 e. The number of ether oxygens (including phenoxy) is 1. The standard InChI is InChI=1S/C23H25N3O4/c1-24(2)26-19(21(27)15-9-11-17(30-3)12-10-15)14-13-18-20(26)23(29)25(22(18)28)16-7-5-4-6-8-16/h4-14,18-21,27H,1-3H3/t18-,19-,20+,21-/m1/s1. The molecule has 1 saturated heterocycles. The molecular weight excluding hydrogens is 382 g/mol. The second-order valence-electron chi connectivity index (χ2n) is 7.64. The molecule has 30 heavy (non-hydrogen) atoms. The van der Waals surface area contributed by atoms with Crippen molar-refractivity contribution in [2.75, 3.05) is 26.1 Å². The van der Waals surface area contributed by atoms with Crippen LogP contribution in [0.15, 0.2) is 66.7 Å². The van der Waals surface area contributed by atoms with Gasteiger partial charge in [0.25, 0.3) is 5.91 Å². The molecule has 0 spiro atoms. The van der Waals surface area contributed by atoms with E-state index in [-0.39, 0.29) is 11.8 Å². The topological polar surface area (TPSA) is 73.3 Å². The molecule has 2 aromatic carbocycles. The molecule has 0 saturated carbocycles. The summed E-state index contributed by atoms with van der Waals surface area (Å²) in [6, 6.07) is 14.9. The van der Waals surface area contributed by atoms with Gasteiger partial charge in [-0.15, -0.1) is 0 Å². The van der Waals surface area contributed by atoms with Gasteiger partial charge in [-0.05, 0) is 29.8 Å². The average molecular weight is 407 g/mol. The summed E-state index contributed by atoms with van der Waals surface area (Å²) in [5.74, 6) is -0.443. The fraction of sp³-hybridized carbons (Fsp3) is 0.304. The zero-order chi connectivity index (χ0) is 21.4. The first-order valence-electron chi connectivity index (χ1n) is 9.83. The lowest BCUT2D eigenvalue weighted by molar-refractivity contribution is -0.139. The summed E-state index contributed by atoms with van der Waals surface area (Å²) in [5.41, 5.74) is 1.26. The molecule has 0 unspecified atom stereocenters. The summed E-state index contributed by atoms with van der Waals surface area (Å²) in [6.45, 7) is 0. The fourth-order valence-electron chi connectivity index (χ4n) is 4.25. The fourth-order valence-corrected chi connectivity index (χ4v) is 4.25. The summed E-state index contributed by atoms with van der Waals surface area (Å²) in [7, 11) is 5.21. The maximum Gasteiger partial charge on any atom is 0.253 e. The molecule has 0 aromatic heterocycles. The van der Waals surface area contributed by atoms with E-state index in [2.05, 4.69) is 0 Å². The van der Waals surface area contributed by atoms with Crippen LogP contribution in [0.5, 0.6) is 5.75 Å². The van der Waals surface area contributed by atoms with Crippen molar-refractivity contribution in [2.24, 2.45) is 5.92 Å². The summed E-state index contributed by atoms with van der Waals surface area (Å²) in [6.07, 6.45) is 2.69. The third kappa shape index (κ3) is 3.31. The first-order chi connectivity index (χ1) is 14.4. The average Bonchev–Trinajstić information content (AvgIpc) is 3.03. The van der Waals surface area contributed by atoms with E-state index in [9.17, 15) is 14.7 Å². The zero-order valence-corrected chi connectivity index (χ0v) is 17.2. The van der Waals surface area contributed by atoms with Gasteiger partial charge in [0.05, 0.1) is 30.9 Å². The van der Waals surface area contributed by atoms with Crippen molar-refractivity contribution in [3.63, 3.8) is 0 Å². The summed E-state index contributed by atoms with van der Waals surface area (Å²) in [5, 5.41) is 14.7. The van der Waals surface area contributed by atoms with E-state index in [1.54, 1.807) is 71.7 Å². The largest absolute Gasteiger partial charge is 0.497 e. The molecule has 7 heteroatoms. The number of carbonyl (C=O) groups excluding carboxylic acids is 2. The molecule has 2 aliphatic rings. The van der Waals surface area contributed by atoms with Crippen molar-refractivity contribution in [1.29, 1.82) is 0 Å². The lowest BCUT2D eigenvalue weighted by Gasteiger charge is -2.43. The zero-order valence-electron chi connectivity index (χ0n) is 17.2. The van der Waals surface area contributed by atoms with Crippen LogP contribution >= 0.6 is 0 Å². The number of carbonyl (C=O) groups is 2. The second-order valence-corrected chi connectivity index (χ2v) is 7.64. The number of hydrazine groups is 1. The van der Waals surface area contributed by atoms with Crippen molar-refractivity contribution < 1.29 is 19.4 Å². The van der Waals surface area contributed by atoms with Crippen LogP contribution < -0.4 is 9.64 Å². The van der Waals surface area contributed by atoms with Crippen LogP contribution in [0.2, 0.25) is 0 Å². The molecule has 0 aliphatic carbocycles. The van der Waals surface area contributed by atoms with Gasteiger partial charge in [0, 0.05) is 14.1 Å². The molecule has 4 rings (SSSR count). The van der Waals surface area contributed by atoms with Gasteiger partial charge in [0.15, 0.2) is 0 Å². The van der Waals surface area contributed by atoms with E-state index in [0.29, 0.717) is 17.0 Å². The number of imide groups is 1. The second kappa shape index (κ2) is 8.02. The third-order valence-corrected chi connectivity index (χ3v) is 5.68. The first-order valence-corrected chi connectivity index (χ1v) is 9.83. The van der Waals surface area contributed by atoms with Crippen LogP contribution in [0.3, 0.4) is 0 Å². The molecule has 156 valence electrons. The minimum atomic E-state index is -0.885. The van der Waals surface area contributed by atoms with E-state index in [1.807, 2.05) is 26.2 Å². The number of aliphatic hydroxyl groups excluding tert-OH is 1. The highest BCUT2D eigenvalue weighted by molar-refractivity contribution is 6.24. The van der Waals surface area contributed by atoms with Gasteiger partial charge in [-0.2, -0.15) is 0 Å². The maximum absolute atomic E-state index is 13.4. The van der Waals surface area contributed by atoms with Gasteiger partial charge >= 0.3 is 0 Å². The van der Waals surface area contributed by atoms with Gasteiger partial charge in [-0.1, -0.05) is 42.5 Å². The van der Waals surface area contributed by atoms with Gasteiger partial charge in [-0.25, -0.2) is 14.9 Å². The number of aliphatic hydroxyl groups is 1. The quantitative estimate of drug-likeness (QED) is 0.604. The van der Waals surface area contributed by atoms with Crippen molar-refractivity contribution in [3.05, 3.63) is 72.3 Å². The normalized spacial score (nSPS) is 25.0. The predicted octanol–water partition coefficient (Wildman–Crippen LogP) is 2.00. The Morgan fingerprint density at radius 3 is 2.23 bits per heavy atom. The van der Waals surface area contributed by atoms with E-state index in [1.165, 1.54) is 4.90 Å². The number of methoxy groups -OCH3 is 1. The Morgan fingerprint density at radius 2 is 1.63 bits per heavy atom. The first kappa shape index (κ1) is 20.3. The highest BCUT2D eigenvalue weighted by Gasteiger charge is 2.54. The van der Waals surface area contributed by atoms with Crippen LogP contribution in [0, 0.1) is 5.92 Å². The Balaban J connectivity index is 1.68. The van der Waals surface area contributed by atoms with Crippen LogP contribution in [0.25, 0.3) is 0 Å². The van der Waals surface area contributed by atoms with Crippen molar-refractivity contribution >= 4 is 17.5 Å². The van der Waals surface area contributed by atoms with Gasteiger partial charge in [-0.3, -0.25) is 9.59 Å². The molecule has 4 atom stereocenters. The van der Waals surface area contributed by atoms with Crippen LogP contribution in [-0.4, -0.2) is 60.2 Å². The number of benzene rings is 2. The molecule has 2 aliphatic heterocycles. The van der Waals surface area contributed by atoms with Crippen LogP contribution in [0.4, 0.5) is 5.69 Å². The molecule has 0 bridgehead atoms. The lowest BCUT2D eigenvalue weighted by Crippen LogP contribution is -2.58. The SMILES string of the molecule is COc1ccc([C@@H](O)[C@H]2C=C[C@H]3C(=O)N(c4ccccc4)C(=O)[C@H]3N2N(C)C)cc1. The molecular formula is C23H25N3O4.